The summed E-state index contributed by atoms with van der Waals surface area (Å²) in [6, 6.07) is 16.0. The van der Waals surface area contributed by atoms with Gasteiger partial charge in [0, 0.05) is 17.4 Å². The normalized spacial score (nSPS) is 10.8. The Kier molecular flexibility index (Phi) is 6.68. The highest BCUT2D eigenvalue weighted by Crippen LogP contribution is 2.24. The molecule has 0 fully saturated rings. The standard InChI is InChI=1S/C20H21BrN4OS/c1-3-25-18(12-15-7-5-4-6-8-15)23-24-20(25)27-13-19(26)22-17-10-9-14(2)11-16(17)21/h4-11H,3,12-13H2,1-2H3,(H,22,26). The minimum atomic E-state index is -0.0696. The molecule has 3 rings (SSSR count). The van der Waals surface area contributed by atoms with E-state index in [1.165, 1.54) is 17.3 Å². The molecule has 1 amide bonds. The monoisotopic (exact) mass is 444 g/mol. The van der Waals surface area contributed by atoms with Crippen molar-refractivity contribution in [2.45, 2.75) is 32.0 Å². The molecule has 0 unspecified atom stereocenters. The predicted octanol–water partition coefficient (Wildman–Crippen LogP) is 4.69. The van der Waals surface area contributed by atoms with E-state index in [0.29, 0.717) is 0 Å². The lowest BCUT2D eigenvalue weighted by molar-refractivity contribution is -0.113. The van der Waals surface area contributed by atoms with Crippen LogP contribution in [0.1, 0.15) is 23.9 Å². The third-order valence-corrected chi connectivity index (χ3v) is 5.67. The van der Waals surface area contributed by atoms with Crippen molar-refractivity contribution in [1.82, 2.24) is 14.8 Å². The van der Waals surface area contributed by atoms with Crippen molar-refractivity contribution in [2.75, 3.05) is 11.1 Å². The van der Waals surface area contributed by atoms with Crippen molar-refractivity contribution in [2.24, 2.45) is 0 Å². The summed E-state index contributed by atoms with van der Waals surface area (Å²) < 4.78 is 2.94. The number of carbonyl (C=O) groups excluding carboxylic acids is 1. The van der Waals surface area contributed by atoms with Gasteiger partial charge in [-0.05, 0) is 53.0 Å². The van der Waals surface area contributed by atoms with E-state index in [2.05, 4.69) is 55.1 Å². The maximum atomic E-state index is 12.3. The first-order valence-corrected chi connectivity index (χ1v) is 10.5. The second-order valence-corrected chi connectivity index (χ2v) is 7.92. The number of anilines is 1. The maximum Gasteiger partial charge on any atom is 0.234 e. The van der Waals surface area contributed by atoms with Gasteiger partial charge < -0.3 is 9.88 Å². The van der Waals surface area contributed by atoms with E-state index in [9.17, 15) is 4.79 Å². The summed E-state index contributed by atoms with van der Waals surface area (Å²) in [5.74, 6) is 1.12. The number of aromatic nitrogens is 3. The number of hydrogen-bond acceptors (Lipinski definition) is 4. The molecule has 0 saturated carbocycles. The molecule has 1 N–H and O–H groups in total. The number of halogens is 1. The minimum absolute atomic E-state index is 0.0696. The van der Waals surface area contributed by atoms with Crippen molar-refractivity contribution >= 4 is 39.3 Å². The molecule has 0 aliphatic rings. The van der Waals surface area contributed by atoms with Crippen LogP contribution in [-0.2, 0) is 17.8 Å². The average molecular weight is 445 g/mol. The zero-order valence-corrected chi connectivity index (χ0v) is 17.7. The molecular weight excluding hydrogens is 424 g/mol. The number of nitrogens with zero attached hydrogens (tertiary/aromatic N) is 3. The summed E-state index contributed by atoms with van der Waals surface area (Å²) in [6.07, 6.45) is 0.727. The zero-order valence-electron chi connectivity index (χ0n) is 15.3. The SMILES string of the molecule is CCn1c(Cc2ccccc2)nnc1SCC(=O)Nc1ccc(C)cc1Br. The lowest BCUT2D eigenvalue weighted by atomic mass is 10.1. The smallest absolute Gasteiger partial charge is 0.234 e. The van der Waals surface area contributed by atoms with Crippen LogP contribution in [0.5, 0.6) is 0 Å². The van der Waals surface area contributed by atoms with Crippen molar-refractivity contribution in [3.63, 3.8) is 0 Å². The van der Waals surface area contributed by atoms with E-state index < -0.39 is 0 Å². The highest BCUT2D eigenvalue weighted by atomic mass is 79.9. The molecule has 0 atom stereocenters. The molecule has 0 spiro atoms. The zero-order chi connectivity index (χ0) is 19.2. The molecule has 140 valence electrons. The van der Waals surface area contributed by atoms with Gasteiger partial charge >= 0.3 is 0 Å². The van der Waals surface area contributed by atoms with Gasteiger partial charge in [-0.1, -0.05) is 48.2 Å². The van der Waals surface area contributed by atoms with Crippen molar-refractivity contribution < 1.29 is 4.79 Å². The Labute approximate surface area is 171 Å². The molecular formula is C20H21BrN4OS. The maximum absolute atomic E-state index is 12.3. The van der Waals surface area contributed by atoms with Crippen LogP contribution in [0.3, 0.4) is 0 Å². The van der Waals surface area contributed by atoms with Gasteiger partial charge in [-0.2, -0.15) is 0 Å². The van der Waals surface area contributed by atoms with Crippen LogP contribution in [-0.4, -0.2) is 26.4 Å². The summed E-state index contributed by atoms with van der Waals surface area (Å²) >= 11 is 4.88. The van der Waals surface area contributed by atoms with Crippen LogP contribution in [0.15, 0.2) is 58.2 Å². The highest BCUT2D eigenvalue weighted by Gasteiger charge is 2.14. The lowest BCUT2D eigenvalue weighted by Crippen LogP contribution is -2.15. The fourth-order valence-electron chi connectivity index (χ4n) is 2.69. The van der Waals surface area contributed by atoms with Gasteiger partial charge in [0.25, 0.3) is 0 Å². The van der Waals surface area contributed by atoms with Gasteiger partial charge in [0.15, 0.2) is 5.16 Å². The van der Waals surface area contributed by atoms with Gasteiger partial charge in [-0.3, -0.25) is 4.79 Å². The average Bonchev–Trinajstić information content (AvgIpc) is 3.04. The van der Waals surface area contributed by atoms with Crippen molar-refractivity contribution in [3.05, 3.63) is 70.0 Å². The van der Waals surface area contributed by atoms with Gasteiger partial charge in [0.2, 0.25) is 5.91 Å². The molecule has 5 nitrogen and oxygen atoms in total. The fraction of sp³-hybridized carbons (Fsp3) is 0.250. The Bertz CT molecular complexity index is 927. The Morgan fingerprint density at radius 3 is 2.67 bits per heavy atom. The Morgan fingerprint density at radius 2 is 1.96 bits per heavy atom. The molecule has 0 aliphatic carbocycles. The molecule has 0 saturated heterocycles. The van der Waals surface area contributed by atoms with Crippen molar-refractivity contribution in [1.29, 1.82) is 0 Å². The number of hydrogen-bond donors (Lipinski definition) is 1. The first kappa shape index (κ1) is 19.6. The van der Waals surface area contributed by atoms with E-state index in [4.69, 9.17) is 0 Å². The summed E-state index contributed by atoms with van der Waals surface area (Å²) in [6.45, 7) is 4.84. The number of thioether (sulfide) groups is 1. The summed E-state index contributed by atoms with van der Waals surface area (Å²) in [5, 5.41) is 12.3. The molecule has 0 radical (unpaired) electrons. The highest BCUT2D eigenvalue weighted by molar-refractivity contribution is 9.10. The molecule has 0 aliphatic heterocycles. The third kappa shape index (κ3) is 5.20. The predicted molar refractivity (Wildman–Crippen MR) is 113 cm³/mol. The number of aryl methyl sites for hydroxylation is 1. The summed E-state index contributed by atoms with van der Waals surface area (Å²) in [7, 11) is 0. The minimum Gasteiger partial charge on any atom is -0.324 e. The number of amides is 1. The van der Waals surface area contributed by atoms with Crippen LogP contribution < -0.4 is 5.32 Å². The first-order chi connectivity index (χ1) is 13.1. The number of benzene rings is 2. The number of carbonyl (C=O) groups is 1. The Hall–Kier alpha value is -2.12. The van der Waals surface area contributed by atoms with Gasteiger partial charge in [-0.15, -0.1) is 10.2 Å². The second kappa shape index (κ2) is 9.19. The van der Waals surface area contributed by atoms with E-state index >= 15 is 0 Å². The molecule has 27 heavy (non-hydrogen) atoms. The van der Waals surface area contributed by atoms with Crippen LogP contribution in [0.2, 0.25) is 0 Å². The van der Waals surface area contributed by atoms with Crippen LogP contribution in [0.25, 0.3) is 0 Å². The second-order valence-electron chi connectivity index (χ2n) is 6.13. The topological polar surface area (TPSA) is 59.8 Å². The molecule has 1 aromatic heterocycles. The molecule has 7 heteroatoms. The summed E-state index contributed by atoms with van der Waals surface area (Å²) in [4.78, 5) is 12.3. The van der Waals surface area contributed by atoms with E-state index in [-0.39, 0.29) is 11.7 Å². The van der Waals surface area contributed by atoms with E-state index in [1.807, 2.05) is 43.3 Å². The third-order valence-electron chi connectivity index (χ3n) is 4.05. The molecule has 3 aromatic rings. The quantitative estimate of drug-likeness (QED) is 0.536. The van der Waals surface area contributed by atoms with Gasteiger partial charge in [0.05, 0.1) is 11.4 Å². The lowest BCUT2D eigenvalue weighted by Gasteiger charge is -2.09. The molecule has 0 bridgehead atoms. The van der Waals surface area contributed by atoms with Gasteiger partial charge in [0.1, 0.15) is 5.82 Å². The fourth-order valence-corrected chi connectivity index (χ4v) is 4.10. The van der Waals surface area contributed by atoms with Crippen LogP contribution >= 0.6 is 27.7 Å². The summed E-state index contributed by atoms with van der Waals surface area (Å²) in [5.41, 5.74) is 3.10. The van der Waals surface area contributed by atoms with E-state index in [0.717, 1.165) is 39.7 Å². The Balaban J connectivity index is 1.63. The Morgan fingerprint density at radius 1 is 1.19 bits per heavy atom. The van der Waals surface area contributed by atoms with Gasteiger partial charge in [-0.25, -0.2) is 0 Å². The molecule has 1 heterocycles. The van der Waals surface area contributed by atoms with E-state index in [1.54, 1.807) is 0 Å². The number of rotatable bonds is 7. The first-order valence-electron chi connectivity index (χ1n) is 8.71. The number of nitrogens with one attached hydrogen (secondary N) is 1. The van der Waals surface area contributed by atoms with Crippen LogP contribution in [0, 0.1) is 6.92 Å². The van der Waals surface area contributed by atoms with Crippen molar-refractivity contribution in [3.8, 4) is 0 Å². The largest absolute Gasteiger partial charge is 0.324 e. The molecule has 2 aromatic carbocycles. The van der Waals surface area contributed by atoms with Crippen LogP contribution in [0.4, 0.5) is 5.69 Å².